The molecule has 0 bridgehead atoms. The lowest BCUT2D eigenvalue weighted by molar-refractivity contribution is 0.494. The molecule has 2 aromatic rings. The Labute approximate surface area is 131 Å². The van der Waals surface area contributed by atoms with Gasteiger partial charge in [0.15, 0.2) is 10.8 Å². The molecule has 1 aliphatic rings. The van der Waals surface area contributed by atoms with Gasteiger partial charge in [-0.2, -0.15) is 0 Å². The summed E-state index contributed by atoms with van der Waals surface area (Å²) in [5, 5.41) is 5.69. The van der Waals surface area contributed by atoms with E-state index in [-0.39, 0.29) is 0 Å². The van der Waals surface area contributed by atoms with E-state index in [4.69, 9.17) is 4.98 Å². The third-order valence-electron chi connectivity index (χ3n) is 4.47. The van der Waals surface area contributed by atoms with Crippen LogP contribution in [0.25, 0.3) is 4.96 Å². The molecule has 2 aromatic heterocycles. The minimum Gasteiger partial charge on any atom is -0.354 e. The number of anilines is 1. The Hall–Kier alpha value is -1.07. The number of hydrogen-bond donors (Lipinski definition) is 1. The molecule has 2 unspecified atom stereocenters. The van der Waals surface area contributed by atoms with Crippen LogP contribution in [0.1, 0.15) is 33.4 Å². The highest BCUT2D eigenvalue weighted by atomic mass is 32.1. The van der Waals surface area contributed by atoms with Crippen LogP contribution in [0.4, 0.5) is 5.82 Å². The van der Waals surface area contributed by atoms with Gasteiger partial charge in [0.2, 0.25) is 0 Å². The van der Waals surface area contributed by atoms with Crippen molar-refractivity contribution in [3.63, 3.8) is 0 Å². The molecule has 0 radical (unpaired) electrons. The summed E-state index contributed by atoms with van der Waals surface area (Å²) in [5.74, 6) is 3.36. The van der Waals surface area contributed by atoms with Crippen LogP contribution in [0.15, 0.2) is 11.6 Å². The van der Waals surface area contributed by atoms with E-state index >= 15 is 0 Å². The normalized spacial score (nSPS) is 22.8. The van der Waals surface area contributed by atoms with Crippen molar-refractivity contribution in [3.05, 3.63) is 17.3 Å². The molecule has 116 valence electrons. The minimum absolute atomic E-state index is 0.672. The fourth-order valence-electron chi connectivity index (χ4n) is 3.02. The second-order valence-corrected chi connectivity index (χ2v) is 7.70. The predicted molar refractivity (Wildman–Crippen MR) is 90.2 cm³/mol. The van der Waals surface area contributed by atoms with Gasteiger partial charge in [0.25, 0.3) is 0 Å². The van der Waals surface area contributed by atoms with Crippen molar-refractivity contribution in [2.75, 3.05) is 24.5 Å². The molecular formula is C16H26N4S. The number of hydrogen-bond acceptors (Lipinski definition) is 4. The maximum Gasteiger partial charge on any atom is 0.195 e. The molecule has 1 fully saturated rings. The van der Waals surface area contributed by atoms with Gasteiger partial charge in [-0.25, -0.2) is 4.98 Å². The van der Waals surface area contributed by atoms with E-state index in [0.717, 1.165) is 43.0 Å². The fourth-order valence-corrected chi connectivity index (χ4v) is 3.75. The lowest BCUT2D eigenvalue weighted by atomic mass is 10.0. The minimum atomic E-state index is 0.672. The summed E-state index contributed by atoms with van der Waals surface area (Å²) in [6.45, 7) is 13.4. The van der Waals surface area contributed by atoms with Crippen LogP contribution in [-0.4, -0.2) is 29.0 Å². The fraction of sp³-hybridized carbons (Fsp3) is 0.688. The summed E-state index contributed by atoms with van der Waals surface area (Å²) in [6.07, 6.45) is 2.14. The van der Waals surface area contributed by atoms with Crippen LogP contribution >= 0.6 is 11.3 Å². The standard InChI is InChI=1S/C16H26N4S/c1-11(2)7-17-8-14-15(18-16-20(14)5-6-21-16)19-9-12(3)13(4)10-19/h5-6,11-13,17H,7-10H2,1-4H3. The molecule has 0 spiro atoms. The van der Waals surface area contributed by atoms with Gasteiger partial charge in [0, 0.05) is 31.2 Å². The molecule has 1 N–H and O–H groups in total. The van der Waals surface area contributed by atoms with Crippen molar-refractivity contribution in [1.82, 2.24) is 14.7 Å². The first-order valence-corrected chi connectivity index (χ1v) is 8.84. The van der Waals surface area contributed by atoms with Crippen LogP contribution in [0, 0.1) is 17.8 Å². The maximum atomic E-state index is 4.89. The van der Waals surface area contributed by atoms with Crippen LogP contribution in [0.5, 0.6) is 0 Å². The number of rotatable bonds is 5. The first kappa shape index (κ1) is 14.9. The van der Waals surface area contributed by atoms with Crippen LogP contribution in [-0.2, 0) is 6.54 Å². The van der Waals surface area contributed by atoms with E-state index in [1.54, 1.807) is 11.3 Å². The first-order valence-electron chi connectivity index (χ1n) is 7.96. The van der Waals surface area contributed by atoms with Crippen molar-refractivity contribution >= 4 is 22.1 Å². The van der Waals surface area contributed by atoms with E-state index in [9.17, 15) is 0 Å². The smallest absolute Gasteiger partial charge is 0.195 e. The molecular weight excluding hydrogens is 280 g/mol. The SMILES string of the molecule is CC(C)CNCc1c(N2CC(C)C(C)C2)nc2sccn12. The van der Waals surface area contributed by atoms with Crippen molar-refractivity contribution in [2.24, 2.45) is 17.8 Å². The highest BCUT2D eigenvalue weighted by Crippen LogP contribution is 2.31. The molecule has 0 amide bonds. The largest absolute Gasteiger partial charge is 0.354 e. The van der Waals surface area contributed by atoms with Crippen molar-refractivity contribution in [2.45, 2.75) is 34.2 Å². The van der Waals surface area contributed by atoms with E-state index in [0.29, 0.717) is 5.92 Å². The lowest BCUT2D eigenvalue weighted by Crippen LogP contribution is -2.25. The summed E-state index contributed by atoms with van der Waals surface area (Å²) in [6, 6.07) is 0. The zero-order chi connectivity index (χ0) is 15.0. The quantitative estimate of drug-likeness (QED) is 0.920. The molecule has 0 aliphatic carbocycles. The molecule has 4 nitrogen and oxygen atoms in total. The van der Waals surface area contributed by atoms with Crippen molar-refractivity contribution in [1.29, 1.82) is 0 Å². The number of thiazole rings is 1. The second kappa shape index (κ2) is 5.97. The Balaban J connectivity index is 1.85. The highest BCUT2D eigenvalue weighted by molar-refractivity contribution is 7.15. The maximum absolute atomic E-state index is 4.89. The number of nitrogens with zero attached hydrogens (tertiary/aromatic N) is 3. The molecule has 3 rings (SSSR count). The summed E-state index contributed by atoms with van der Waals surface area (Å²) in [5.41, 5.74) is 1.31. The molecule has 1 aliphatic heterocycles. The second-order valence-electron chi connectivity index (χ2n) is 6.82. The lowest BCUT2D eigenvalue weighted by Gasteiger charge is -2.18. The number of imidazole rings is 1. The summed E-state index contributed by atoms with van der Waals surface area (Å²) in [4.78, 5) is 8.47. The molecule has 5 heteroatoms. The van der Waals surface area contributed by atoms with Gasteiger partial charge in [-0.3, -0.25) is 4.40 Å². The first-order chi connectivity index (χ1) is 10.1. The van der Waals surface area contributed by atoms with Gasteiger partial charge in [-0.1, -0.05) is 27.7 Å². The van der Waals surface area contributed by atoms with Crippen molar-refractivity contribution < 1.29 is 0 Å². The molecule has 2 atom stereocenters. The zero-order valence-corrected chi connectivity index (χ0v) is 14.3. The van der Waals surface area contributed by atoms with Gasteiger partial charge in [-0.05, 0) is 24.3 Å². The van der Waals surface area contributed by atoms with Crippen molar-refractivity contribution in [3.8, 4) is 0 Å². The Bertz CT molecular complexity index is 590. The van der Waals surface area contributed by atoms with E-state index < -0.39 is 0 Å². The number of fused-ring (bicyclic) bond motifs is 1. The summed E-state index contributed by atoms with van der Waals surface area (Å²) >= 11 is 1.72. The Kier molecular flexibility index (Phi) is 4.22. The van der Waals surface area contributed by atoms with E-state index in [1.165, 1.54) is 11.5 Å². The molecule has 3 heterocycles. The molecule has 21 heavy (non-hydrogen) atoms. The van der Waals surface area contributed by atoms with Gasteiger partial charge in [0.05, 0.1) is 5.69 Å². The topological polar surface area (TPSA) is 32.6 Å². The number of aromatic nitrogens is 2. The number of nitrogens with one attached hydrogen (secondary N) is 1. The van der Waals surface area contributed by atoms with E-state index in [2.05, 4.69) is 53.9 Å². The average Bonchev–Trinajstić information content (AvgIpc) is 3.06. The summed E-state index contributed by atoms with van der Waals surface area (Å²) in [7, 11) is 0. The van der Waals surface area contributed by atoms with Crippen LogP contribution < -0.4 is 10.2 Å². The van der Waals surface area contributed by atoms with Gasteiger partial charge in [0.1, 0.15) is 0 Å². The predicted octanol–water partition coefficient (Wildman–Crippen LogP) is 3.23. The van der Waals surface area contributed by atoms with Gasteiger partial charge >= 0.3 is 0 Å². The van der Waals surface area contributed by atoms with Gasteiger partial charge < -0.3 is 10.2 Å². The van der Waals surface area contributed by atoms with Crippen LogP contribution in [0.3, 0.4) is 0 Å². The third kappa shape index (κ3) is 2.94. The van der Waals surface area contributed by atoms with E-state index in [1.807, 2.05) is 0 Å². The Morgan fingerprint density at radius 2 is 2.05 bits per heavy atom. The third-order valence-corrected chi connectivity index (χ3v) is 5.23. The molecule has 1 saturated heterocycles. The molecule has 0 saturated carbocycles. The van der Waals surface area contributed by atoms with Gasteiger partial charge in [-0.15, -0.1) is 11.3 Å². The molecule has 0 aromatic carbocycles. The van der Waals surface area contributed by atoms with Crippen LogP contribution in [0.2, 0.25) is 0 Å². The Morgan fingerprint density at radius 3 is 2.71 bits per heavy atom. The average molecular weight is 306 g/mol. The zero-order valence-electron chi connectivity index (χ0n) is 13.5. The highest BCUT2D eigenvalue weighted by Gasteiger charge is 2.29. The monoisotopic (exact) mass is 306 g/mol. The summed E-state index contributed by atoms with van der Waals surface area (Å²) < 4.78 is 2.25. The Morgan fingerprint density at radius 1 is 1.33 bits per heavy atom.